The second-order valence-corrected chi connectivity index (χ2v) is 7.07. The SMILES string of the molecule is CCOc1ccccc1CN1CCNC(=O)[C@@H]1CC(=O)NCc1ncccc1C. The van der Waals surface area contributed by atoms with Crippen LogP contribution in [-0.4, -0.2) is 47.4 Å². The molecule has 1 saturated heterocycles. The first-order chi connectivity index (χ1) is 14.1. The van der Waals surface area contributed by atoms with E-state index in [0.29, 0.717) is 32.8 Å². The molecule has 29 heavy (non-hydrogen) atoms. The Hall–Kier alpha value is -2.93. The highest BCUT2D eigenvalue weighted by Crippen LogP contribution is 2.22. The summed E-state index contributed by atoms with van der Waals surface area (Å²) in [5.41, 5.74) is 2.87. The number of piperazine rings is 1. The minimum atomic E-state index is -0.511. The van der Waals surface area contributed by atoms with E-state index in [1.54, 1.807) is 6.20 Å². The lowest BCUT2D eigenvalue weighted by atomic mass is 10.1. The van der Waals surface area contributed by atoms with Gasteiger partial charge in [0.05, 0.1) is 31.3 Å². The maximum absolute atomic E-state index is 12.5. The molecule has 1 aliphatic heterocycles. The van der Waals surface area contributed by atoms with E-state index in [4.69, 9.17) is 4.74 Å². The van der Waals surface area contributed by atoms with Crippen LogP contribution in [-0.2, 0) is 22.7 Å². The Bertz CT molecular complexity index is 855. The number of amides is 2. The Morgan fingerprint density at radius 3 is 2.93 bits per heavy atom. The van der Waals surface area contributed by atoms with E-state index >= 15 is 0 Å². The van der Waals surface area contributed by atoms with Gasteiger partial charge in [-0.25, -0.2) is 0 Å². The lowest BCUT2D eigenvalue weighted by Crippen LogP contribution is -2.56. The molecule has 2 N–H and O–H groups in total. The summed E-state index contributed by atoms with van der Waals surface area (Å²) in [6.07, 6.45) is 1.81. The minimum absolute atomic E-state index is 0.106. The van der Waals surface area contributed by atoms with Crippen molar-refractivity contribution in [2.24, 2.45) is 0 Å². The van der Waals surface area contributed by atoms with Crippen molar-refractivity contribution in [1.82, 2.24) is 20.5 Å². The van der Waals surface area contributed by atoms with Gasteiger partial charge in [0.1, 0.15) is 5.75 Å². The third kappa shape index (κ3) is 5.54. The third-order valence-corrected chi connectivity index (χ3v) is 5.04. The van der Waals surface area contributed by atoms with Crippen LogP contribution in [0.15, 0.2) is 42.6 Å². The molecule has 3 rings (SSSR count). The monoisotopic (exact) mass is 396 g/mol. The molecule has 1 aromatic carbocycles. The number of hydrogen-bond acceptors (Lipinski definition) is 5. The van der Waals surface area contributed by atoms with Crippen molar-refractivity contribution in [1.29, 1.82) is 0 Å². The van der Waals surface area contributed by atoms with E-state index < -0.39 is 6.04 Å². The van der Waals surface area contributed by atoms with Gasteiger partial charge >= 0.3 is 0 Å². The predicted molar refractivity (Wildman–Crippen MR) is 110 cm³/mol. The number of nitrogens with one attached hydrogen (secondary N) is 2. The minimum Gasteiger partial charge on any atom is -0.494 e. The van der Waals surface area contributed by atoms with E-state index in [1.807, 2.05) is 55.1 Å². The number of carbonyl (C=O) groups excluding carboxylic acids is 2. The number of rotatable bonds is 8. The van der Waals surface area contributed by atoms with Crippen LogP contribution >= 0.6 is 0 Å². The van der Waals surface area contributed by atoms with Gasteiger partial charge in [0.15, 0.2) is 0 Å². The van der Waals surface area contributed by atoms with Gasteiger partial charge < -0.3 is 15.4 Å². The van der Waals surface area contributed by atoms with Gasteiger partial charge in [-0.05, 0) is 31.5 Å². The number of para-hydroxylation sites is 1. The Morgan fingerprint density at radius 1 is 1.31 bits per heavy atom. The highest BCUT2D eigenvalue weighted by atomic mass is 16.5. The number of benzene rings is 1. The first-order valence-corrected chi connectivity index (χ1v) is 9.98. The van der Waals surface area contributed by atoms with E-state index in [1.165, 1.54) is 0 Å². The van der Waals surface area contributed by atoms with Crippen molar-refractivity contribution in [3.63, 3.8) is 0 Å². The highest BCUT2D eigenvalue weighted by molar-refractivity contribution is 5.88. The van der Waals surface area contributed by atoms with E-state index in [0.717, 1.165) is 22.6 Å². The highest BCUT2D eigenvalue weighted by Gasteiger charge is 2.32. The molecule has 0 bridgehead atoms. The molecule has 2 aromatic rings. The topological polar surface area (TPSA) is 83.6 Å². The number of hydrogen-bond donors (Lipinski definition) is 2. The molecule has 154 valence electrons. The molecule has 0 radical (unpaired) electrons. The Kier molecular flexibility index (Phi) is 7.19. The van der Waals surface area contributed by atoms with Gasteiger partial charge in [0, 0.05) is 31.4 Å². The molecular formula is C22H28N4O3. The standard InChI is InChI=1S/C22H28N4O3/c1-3-29-20-9-5-4-8-17(20)15-26-12-11-24-22(28)19(26)13-21(27)25-14-18-16(2)7-6-10-23-18/h4-10,19H,3,11-15H2,1-2H3,(H,24,28)(H,25,27)/t19-/m0/s1. The second kappa shape index (κ2) is 10.0. The van der Waals surface area contributed by atoms with Crippen LogP contribution in [0.4, 0.5) is 0 Å². The van der Waals surface area contributed by atoms with Crippen molar-refractivity contribution >= 4 is 11.8 Å². The number of pyridine rings is 1. The van der Waals surface area contributed by atoms with Crippen molar-refractivity contribution < 1.29 is 14.3 Å². The normalized spacial score (nSPS) is 16.9. The summed E-state index contributed by atoms with van der Waals surface area (Å²) in [4.78, 5) is 31.4. The molecule has 0 saturated carbocycles. The molecule has 1 aromatic heterocycles. The lowest BCUT2D eigenvalue weighted by molar-refractivity contribution is -0.134. The summed E-state index contributed by atoms with van der Waals surface area (Å²) in [5.74, 6) is 0.532. The number of aryl methyl sites for hydroxylation is 1. The molecular weight excluding hydrogens is 368 g/mol. The Labute approximate surface area is 171 Å². The van der Waals surface area contributed by atoms with Gasteiger partial charge in [0.2, 0.25) is 11.8 Å². The number of aromatic nitrogens is 1. The summed E-state index contributed by atoms with van der Waals surface area (Å²) in [6, 6.07) is 11.1. The molecule has 0 unspecified atom stereocenters. The number of ether oxygens (including phenoxy) is 1. The second-order valence-electron chi connectivity index (χ2n) is 7.07. The molecule has 1 aliphatic rings. The summed E-state index contributed by atoms with van der Waals surface area (Å²) in [6.45, 7) is 6.65. The smallest absolute Gasteiger partial charge is 0.237 e. The van der Waals surface area contributed by atoms with Gasteiger partial charge in [-0.1, -0.05) is 24.3 Å². The van der Waals surface area contributed by atoms with Crippen molar-refractivity contribution in [3.8, 4) is 5.75 Å². The van der Waals surface area contributed by atoms with Crippen molar-refractivity contribution in [3.05, 3.63) is 59.4 Å². The summed E-state index contributed by atoms with van der Waals surface area (Å²) in [7, 11) is 0. The zero-order valence-electron chi connectivity index (χ0n) is 17.0. The zero-order chi connectivity index (χ0) is 20.6. The first kappa shape index (κ1) is 20.8. The molecule has 0 spiro atoms. The van der Waals surface area contributed by atoms with Gasteiger partial charge in [-0.2, -0.15) is 0 Å². The lowest BCUT2D eigenvalue weighted by Gasteiger charge is -2.35. The van der Waals surface area contributed by atoms with E-state index in [2.05, 4.69) is 15.6 Å². The quantitative estimate of drug-likeness (QED) is 0.711. The molecule has 2 amide bonds. The largest absolute Gasteiger partial charge is 0.494 e. The third-order valence-electron chi connectivity index (χ3n) is 5.04. The van der Waals surface area contributed by atoms with Crippen LogP contribution in [0, 0.1) is 6.92 Å². The summed E-state index contributed by atoms with van der Waals surface area (Å²) in [5, 5.41) is 5.76. The van der Waals surface area contributed by atoms with Gasteiger partial charge in [-0.15, -0.1) is 0 Å². The van der Waals surface area contributed by atoms with Crippen molar-refractivity contribution in [2.75, 3.05) is 19.7 Å². The summed E-state index contributed by atoms with van der Waals surface area (Å²) >= 11 is 0. The Balaban J connectivity index is 1.65. The van der Waals surface area contributed by atoms with E-state index in [9.17, 15) is 9.59 Å². The van der Waals surface area contributed by atoms with Gasteiger partial charge in [0.25, 0.3) is 0 Å². The first-order valence-electron chi connectivity index (χ1n) is 9.98. The average molecular weight is 396 g/mol. The molecule has 2 heterocycles. The van der Waals surface area contributed by atoms with Crippen molar-refractivity contribution in [2.45, 2.75) is 39.4 Å². The zero-order valence-corrected chi connectivity index (χ0v) is 17.0. The number of carbonyl (C=O) groups is 2. The van der Waals surface area contributed by atoms with Gasteiger partial charge in [-0.3, -0.25) is 19.5 Å². The molecule has 1 atom stereocenters. The number of nitrogens with zero attached hydrogens (tertiary/aromatic N) is 2. The average Bonchev–Trinajstić information content (AvgIpc) is 2.71. The fraction of sp³-hybridized carbons (Fsp3) is 0.409. The van der Waals surface area contributed by atoms with Crippen LogP contribution < -0.4 is 15.4 Å². The van der Waals surface area contributed by atoms with Crippen LogP contribution in [0.3, 0.4) is 0 Å². The fourth-order valence-electron chi connectivity index (χ4n) is 3.46. The predicted octanol–water partition coefficient (Wildman–Crippen LogP) is 1.80. The van der Waals surface area contributed by atoms with Crippen LogP contribution in [0.5, 0.6) is 5.75 Å². The molecule has 7 nitrogen and oxygen atoms in total. The maximum Gasteiger partial charge on any atom is 0.237 e. The van der Waals surface area contributed by atoms with Crippen LogP contribution in [0.25, 0.3) is 0 Å². The van der Waals surface area contributed by atoms with Crippen LogP contribution in [0.1, 0.15) is 30.2 Å². The van der Waals surface area contributed by atoms with E-state index in [-0.39, 0.29) is 18.2 Å². The molecule has 0 aliphatic carbocycles. The summed E-state index contributed by atoms with van der Waals surface area (Å²) < 4.78 is 5.71. The molecule has 1 fully saturated rings. The molecule has 7 heteroatoms. The maximum atomic E-state index is 12.5. The van der Waals surface area contributed by atoms with Crippen LogP contribution in [0.2, 0.25) is 0 Å². The fourth-order valence-corrected chi connectivity index (χ4v) is 3.46. The Morgan fingerprint density at radius 2 is 2.14 bits per heavy atom.